The fourth-order valence-electron chi connectivity index (χ4n) is 6.74. The van der Waals surface area contributed by atoms with E-state index in [1.807, 2.05) is 12.1 Å². The van der Waals surface area contributed by atoms with Gasteiger partial charge in [-0.3, -0.25) is 14.4 Å². The molecule has 4 atom stereocenters. The van der Waals surface area contributed by atoms with Gasteiger partial charge in [0.25, 0.3) is 5.91 Å². The molecule has 3 saturated heterocycles. The van der Waals surface area contributed by atoms with Crippen molar-refractivity contribution in [2.24, 2.45) is 5.92 Å². The van der Waals surface area contributed by atoms with Crippen molar-refractivity contribution in [3.05, 3.63) is 35.4 Å². The summed E-state index contributed by atoms with van der Waals surface area (Å²) in [6, 6.07) is 6.57. The summed E-state index contributed by atoms with van der Waals surface area (Å²) in [5.41, 5.74) is 1.81. The third-order valence-corrected chi connectivity index (χ3v) is 8.99. The standard InChI is InChI=1S/C29H41N3O6/c1-36-16-15-31-13-11-20(12-14-31)19-7-9-22(10-8-19)28(34)30-25(21-5-3-4-6-21)29(35)32-17-24(37-2)27-26(32)23(33)18-38-27/h7-10,20-21,24-27H,3-6,11-18H2,1-2H3,(H,30,34)/t24-,25-,26+,27+/m0/s1. The zero-order valence-electron chi connectivity index (χ0n) is 22.6. The van der Waals surface area contributed by atoms with Gasteiger partial charge in [0.2, 0.25) is 5.91 Å². The van der Waals surface area contributed by atoms with Crippen LogP contribution in [-0.2, 0) is 23.8 Å². The fourth-order valence-corrected chi connectivity index (χ4v) is 6.74. The maximum atomic E-state index is 13.8. The molecule has 9 heteroatoms. The average Bonchev–Trinajstić information content (AvgIpc) is 3.69. The van der Waals surface area contributed by atoms with Crippen LogP contribution in [0, 0.1) is 5.92 Å². The number of amides is 2. The molecule has 0 aromatic heterocycles. The van der Waals surface area contributed by atoms with Gasteiger partial charge in [-0.15, -0.1) is 0 Å². The van der Waals surface area contributed by atoms with Crippen LogP contribution in [0.1, 0.15) is 60.4 Å². The number of carbonyl (C=O) groups is 3. The van der Waals surface area contributed by atoms with E-state index < -0.39 is 18.2 Å². The molecular weight excluding hydrogens is 486 g/mol. The van der Waals surface area contributed by atoms with Crippen LogP contribution in [0.15, 0.2) is 24.3 Å². The molecule has 4 fully saturated rings. The summed E-state index contributed by atoms with van der Waals surface area (Å²) < 4.78 is 16.4. The number of ether oxygens (including phenoxy) is 3. The quantitative estimate of drug-likeness (QED) is 0.525. The minimum absolute atomic E-state index is 0.00203. The van der Waals surface area contributed by atoms with Crippen LogP contribution in [-0.4, -0.2) is 105 Å². The first kappa shape index (κ1) is 27.2. The van der Waals surface area contributed by atoms with Crippen molar-refractivity contribution in [2.75, 3.05) is 53.6 Å². The SMILES string of the molecule is COCCN1CCC(c2ccc(C(=O)N[C@H](C(=O)N3C[C@H](OC)[C@H]4OCC(=O)[C@H]43)C3CCCC3)cc2)CC1. The van der Waals surface area contributed by atoms with E-state index in [-0.39, 0.29) is 36.2 Å². The number of piperidine rings is 1. The van der Waals surface area contributed by atoms with Gasteiger partial charge in [0, 0.05) is 26.3 Å². The van der Waals surface area contributed by atoms with E-state index in [2.05, 4.69) is 22.3 Å². The van der Waals surface area contributed by atoms with Gasteiger partial charge in [-0.1, -0.05) is 25.0 Å². The number of fused-ring (bicyclic) bond motifs is 1. The highest BCUT2D eigenvalue weighted by molar-refractivity contribution is 5.99. The lowest BCUT2D eigenvalue weighted by Crippen LogP contribution is -2.54. The summed E-state index contributed by atoms with van der Waals surface area (Å²) in [7, 11) is 3.31. The van der Waals surface area contributed by atoms with Crippen LogP contribution in [0.2, 0.25) is 0 Å². The minimum atomic E-state index is -0.661. The number of nitrogens with one attached hydrogen (secondary N) is 1. The van der Waals surface area contributed by atoms with Crippen LogP contribution in [0.25, 0.3) is 0 Å². The van der Waals surface area contributed by atoms with Gasteiger partial charge in [-0.25, -0.2) is 0 Å². The monoisotopic (exact) mass is 527 g/mol. The number of carbonyl (C=O) groups excluding carboxylic acids is 3. The Hall–Kier alpha value is -2.33. The summed E-state index contributed by atoms with van der Waals surface area (Å²) in [5, 5.41) is 3.06. The molecule has 1 saturated carbocycles. The molecule has 5 rings (SSSR count). The molecule has 4 aliphatic rings. The number of rotatable bonds is 9. The Balaban J connectivity index is 1.24. The normalized spacial score (nSPS) is 27.6. The molecule has 208 valence electrons. The molecule has 1 N–H and O–H groups in total. The predicted octanol–water partition coefficient (Wildman–Crippen LogP) is 1.99. The minimum Gasteiger partial charge on any atom is -0.383 e. The highest BCUT2D eigenvalue weighted by atomic mass is 16.5. The van der Waals surface area contributed by atoms with Gasteiger partial charge < -0.3 is 29.3 Å². The fraction of sp³-hybridized carbons (Fsp3) is 0.690. The van der Waals surface area contributed by atoms with Gasteiger partial charge in [-0.2, -0.15) is 0 Å². The van der Waals surface area contributed by atoms with Crippen molar-refractivity contribution in [2.45, 2.75) is 68.7 Å². The second-order valence-corrected chi connectivity index (χ2v) is 11.2. The van der Waals surface area contributed by atoms with E-state index in [0.29, 0.717) is 18.0 Å². The van der Waals surface area contributed by atoms with Crippen molar-refractivity contribution >= 4 is 17.6 Å². The van der Waals surface area contributed by atoms with Crippen LogP contribution in [0.4, 0.5) is 0 Å². The van der Waals surface area contributed by atoms with Crippen LogP contribution in [0.5, 0.6) is 0 Å². The van der Waals surface area contributed by atoms with Gasteiger partial charge in [0.15, 0.2) is 5.78 Å². The van der Waals surface area contributed by atoms with Gasteiger partial charge in [-0.05, 0) is 68.3 Å². The van der Waals surface area contributed by atoms with E-state index in [1.54, 1.807) is 19.1 Å². The number of Topliss-reactive ketones (excluding diaryl/α,β-unsaturated/α-hetero) is 1. The van der Waals surface area contributed by atoms with Crippen molar-refractivity contribution in [3.63, 3.8) is 0 Å². The summed E-state index contributed by atoms with van der Waals surface area (Å²) in [6.07, 6.45) is 5.27. The number of hydrogen-bond acceptors (Lipinski definition) is 7. The molecule has 0 unspecified atom stereocenters. The number of nitrogens with zero attached hydrogens (tertiary/aromatic N) is 2. The molecule has 0 bridgehead atoms. The summed E-state index contributed by atoms with van der Waals surface area (Å²) >= 11 is 0. The maximum Gasteiger partial charge on any atom is 0.251 e. The molecule has 9 nitrogen and oxygen atoms in total. The first-order valence-electron chi connectivity index (χ1n) is 14.1. The molecular formula is C29H41N3O6. The van der Waals surface area contributed by atoms with Crippen molar-refractivity contribution in [1.29, 1.82) is 0 Å². The lowest BCUT2D eigenvalue weighted by atomic mass is 9.89. The molecule has 0 spiro atoms. The molecule has 2 amide bonds. The van der Waals surface area contributed by atoms with E-state index in [4.69, 9.17) is 14.2 Å². The average molecular weight is 528 g/mol. The number of methoxy groups -OCH3 is 2. The molecule has 3 heterocycles. The van der Waals surface area contributed by atoms with Crippen molar-refractivity contribution in [1.82, 2.24) is 15.1 Å². The number of ketones is 1. The Bertz CT molecular complexity index is 987. The molecule has 1 aromatic rings. The van der Waals surface area contributed by atoms with Crippen LogP contribution < -0.4 is 5.32 Å². The Kier molecular flexibility index (Phi) is 8.77. The Labute approximate surface area is 225 Å². The second-order valence-electron chi connectivity index (χ2n) is 11.2. The van der Waals surface area contributed by atoms with Gasteiger partial charge in [0.1, 0.15) is 30.9 Å². The highest BCUT2D eigenvalue weighted by Crippen LogP contribution is 2.34. The zero-order valence-corrected chi connectivity index (χ0v) is 22.6. The van der Waals surface area contributed by atoms with Gasteiger partial charge in [0.05, 0.1) is 13.2 Å². The summed E-state index contributed by atoms with van der Waals surface area (Å²) in [5.74, 6) is 0.00691. The molecule has 38 heavy (non-hydrogen) atoms. The number of hydrogen-bond donors (Lipinski definition) is 1. The predicted molar refractivity (Wildman–Crippen MR) is 141 cm³/mol. The van der Waals surface area contributed by atoms with E-state index in [1.165, 1.54) is 5.56 Å². The Morgan fingerprint density at radius 1 is 1.08 bits per heavy atom. The topological polar surface area (TPSA) is 97.4 Å². The second kappa shape index (κ2) is 12.2. The van der Waals surface area contributed by atoms with Crippen LogP contribution in [0.3, 0.4) is 0 Å². The highest BCUT2D eigenvalue weighted by Gasteiger charge is 2.54. The third kappa shape index (κ3) is 5.66. The maximum absolute atomic E-state index is 13.8. The Morgan fingerprint density at radius 2 is 1.79 bits per heavy atom. The molecule has 0 radical (unpaired) electrons. The van der Waals surface area contributed by atoms with Gasteiger partial charge >= 0.3 is 0 Å². The number of likely N-dealkylation sites (tertiary alicyclic amines) is 2. The van der Waals surface area contributed by atoms with E-state index in [0.717, 1.165) is 64.8 Å². The molecule has 3 aliphatic heterocycles. The smallest absolute Gasteiger partial charge is 0.251 e. The van der Waals surface area contributed by atoms with Crippen molar-refractivity contribution in [3.8, 4) is 0 Å². The summed E-state index contributed by atoms with van der Waals surface area (Å²) in [6.45, 7) is 4.13. The third-order valence-electron chi connectivity index (χ3n) is 8.99. The zero-order chi connectivity index (χ0) is 26.6. The molecule has 1 aromatic carbocycles. The first-order chi connectivity index (χ1) is 18.5. The van der Waals surface area contributed by atoms with E-state index in [9.17, 15) is 14.4 Å². The lowest BCUT2D eigenvalue weighted by molar-refractivity contribution is -0.139. The first-order valence-corrected chi connectivity index (χ1v) is 14.1. The van der Waals surface area contributed by atoms with Crippen molar-refractivity contribution < 1.29 is 28.6 Å². The van der Waals surface area contributed by atoms with E-state index >= 15 is 0 Å². The van der Waals surface area contributed by atoms with Crippen LogP contribution >= 0.6 is 0 Å². The Morgan fingerprint density at radius 3 is 2.45 bits per heavy atom. The number of benzene rings is 1. The summed E-state index contributed by atoms with van der Waals surface area (Å²) in [4.78, 5) is 43.8. The largest absolute Gasteiger partial charge is 0.383 e. The lowest BCUT2D eigenvalue weighted by Gasteiger charge is -2.32. The molecule has 1 aliphatic carbocycles.